The number of rotatable bonds is 2. The third-order valence-corrected chi connectivity index (χ3v) is 4.57. The summed E-state index contributed by atoms with van der Waals surface area (Å²) in [6, 6.07) is 12.2. The second kappa shape index (κ2) is 5.96. The maximum atomic E-state index is 12.3. The molecular weight excluding hydrogens is 310 g/mol. The minimum absolute atomic E-state index is 0.0775. The number of fused-ring (bicyclic) bond motifs is 3. The van der Waals surface area contributed by atoms with E-state index >= 15 is 0 Å². The second-order valence-corrected chi connectivity index (χ2v) is 6.12. The predicted octanol–water partition coefficient (Wildman–Crippen LogP) is 3.34. The number of carbonyl (C=O) groups excluding carboxylic acids is 1. The molecule has 1 aliphatic heterocycles. The summed E-state index contributed by atoms with van der Waals surface area (Å²) in [5.74, 6) is 0.687. The van der Waals surface area contributed by atoms with Crippen LogP contribution >= 0.6 is 11.5 Å². The first-order valence-electron chi connectivity index (χ1n) is 7.55. The quantitative estimate of drug-likeness (QED) is 0.785. The largest absolute Gasteiger partial charge is 0.493 e. The van der Waals surface area contributed by atoms with Gasteiger partial charge in [0.1, 0.15) is 5.75 Å². The Kier molecular flexibility index (Phi) is 3.67. The minimum atomic E-state index is -0.190. The molecule has 0 aliphatic carbocycles. The molecule has 116 valence electrons. The average Bonchev–Trinajstić information content (AvgIpc) is 3.04. The molecule has 0 bridgehead atoms. The van der Waals surface area contributed by atoms with E-state index in [2.05, 4.69) is 33.1 Å². The molecular formula is C17H15N3O2S. The SMILES string of the molecule is O=C(NC1CCCOc2c1ccc1ccccc21)c1csnn1. The molecule has 1 atom stereocenters. The first-order valence-corrected chi connectivity index (χ1v) is 8.39. The molecule has 1 aliphatic rings. The van der Waals surface area contributed by atoms with Gasteiger partial charge in [-0.3, -0.25) is 4.79 Å². The highest BCUT2D eigenvalue weighted by molar-refractivity contribution is 7.03. The maximum absolute atomic E-state index is 12.3. The van der Waals surface area contributed by atoms with Crippen LogP contribution in [0.15, 0.2) is 41.8 Å². The van der Waals surface area contributed by atoms with Crippen LogP contribution < -0.4 is 10.1 Å². The molecule has 23 heavy (non-hydrogen) atoms. The van der Waals surface area contributed by atoms with E-state index in [1.165, 1.54) is 11.5 Å². The van der Waals surface area contributed by atoms with E-state index in [0.29, 0.717) is 12.3 Å². The van der Waals surface area contributed by atoms with E-state index < -0.39 is 0 Å². The number of carbonyl (C=O) groups is 1. The van der Waals surface area contributed by atoms with Crippen LogP contribution in [0.2, 0.25) is 0 Å². The smallest absolute Gasteiger partial charge is 0.273 e. The molecule has 1 amide bonds. The first kappa shape index (κ1) is 14.1. The van der Waals surface area contributed by atoms with E-state index in [4.69, 9.17) is 4.74 Å². The Morgan fingerprint density at radius 1 is 1.26 bits per heavy atom. The van der Waals surface area contributed by atoms with E-state index in [1.807, 2.05) is 18.2 Å². The van der Waals surface area contributed by atoms with Gasteiger partial charge >= 0.3 is 0 Å². The lowest BCUT2D eigenvalue weighted by Gasteiger charge is -2.19. The molecule has 0 saturated heterocycles. The van der Waals surface area contributed by atoms with Gasteiger partial charge in [-0.25, -0.2) is 0 Å². The summed E-state index contributed by atoms with van der Waals surface area (Å²) < 4.78 is 9.73. The molecule has 3 aromatic rings. The van der Waals surface area contributed by atoms with Crippen molar-refractivity contribution >= 4 is 28.2 Å². The zero-order valence-electron chi connectivity index (χ0n) is 12.4. The van der Waals surface area contributed by atoms with E-state index in [1.54, 1.807) is 5.38 Å². The molecule has 1 aromatic heterocycles. The molecule has 1 N–H and O–H groups in total. The van der Waals surface area contributed by atoms with Crippen molar-refractivity contribution in [3.63, 3.8) is 0 Å². The topological polar surface area (TPSA) is 64.1 Å². The van der Waals surface area contributed by atoms with Crippen LogP contribution in [0, 0.1) is 0 Å². The zero-order valence-corrected chi connectivity index (χ0v) is 13.2. The normalized spacial score (nSPS) is 17.1. The number of hydrogen-bond acceptors (Lipinski definition) is 5. The fourth-order valence-electron chi connectivity index (χ4n) is 2.96. The Morgan fingerprint density at radius 3 is 3.04 bits per heavy atom. The van der Waals surface area contributed by atoms with Crippen molar-refractivity contribution in [2.24, 2.45) is 0 Å². The number of benzene rings is 2. The van der Waals surface area contributed by atoms with Gasteiger partial charge in [-0.05, 0) is 29.8 Å². The molecule has 6 heteroatoms. The molecule has 4 rings (SSSR count). The van der Waals surface area contributed by atoms with Gasteiger partial charge in [0.05, 0.1) is 12.6 Å². The van der Waals surface area contributed by atoms with Crippen molar-refractivity contribution < 1.29 is 9.53 Å². The fraction of sp³-hybridized carbons (Fsp3) is 0.235. The summed E-state index contributed by atoms with van der Waals surface area (Å²) >= 11 is 1.17. The average molecular weight is 325 g/mol. The number of hydrogen-bond donors (Lipinski definition) is 1. The lowest BCUT2D eigenvalue weighted by molar-refractivity contribution is 0.0929. The number of nitrogens with zero attached hydrogens (tertiary/aromatic N) is 2. The second-order valence-electron chi connectivity index (χ2n) is 5.51. The van der Waals surface area contributed by atoms with Crippen molar-refractivity contribution in [3.8, 4) is 5.75 Å². The van der Waals surface area contributed by atoms with Crippen molar-refractivity contribution in [2.45, 2.75) is 18.9 Å². The summed E-state index contributed by atoms with van der Waals surface area (Å²) in [5.41, 5.74) is 1.39. The molecule has 0 spiro atoms. The summed E-state index contributed by atoms with van der Waals surface area (Å²) in [6.07, 6.45) is 1.73. The van der Waals surface area contributed by atoms with Crippen molar-refractivity contribution in [3.05, 3.63) is 53.0 Å². The maximum Gasteiger partial charge on any atom is 0.273 e. The van der Waals surface area contributed by atoms with E-state index in [0.717, 1.165) is 34.9 Å². The number of ether oxygens (including phenoxy) is 1. The highest BCUT2D eigenvalue weighted by atomic mass is 32.1. The highest BCUT2D eigenvalue weighted by Crippen LogP contribution is 2.37. The molecule has 5 nitrogen and oxygen atoms in total. The molecule has 0 saturated carbocycles. The zero-order chi connectivity index (χ0) is 15.6. The Morgan fingerprint density at radius 2 is 2.17 bits per heavy atom. The lowest BCUT2D eigenvalue weighted by atomic mass is 9.98. The van der Waals surface area contributed by atoms with Crippen LogP contribution in [0.1, 0.15) is 34.9 Å². The van der Waals surface area contributed by atoms with Crippen LogP contribution in [-0.4, -0.2) is 22.1 Å². The predicted molar refractivity (Wildman–Crippen MR) is 88.8 cm³/mol. The Labute approximate surface area is 137 Å². The van der Waals surface area contributed by atoms with Crippen LogP contribution in [0.5, 0.6) is 5.75 Å². The summed E-state index contributed by atoms with van der Waals surface area (Å²) in [6.45, 7) is 0.658. The van der Waals surface area contributed by atoms with Crippen LogP contribution in [0.3, 0.4) is 0 Å². The molecule has 0 radical (unpaired) electrons. The van der Waals surface area contributed by atoms with Gasteiger partial charge in [0.15, 0.2) is 5.69 Å². The summed E-state index contributed by atoms with van der Waals surface area (Å²) in [5, 5.41) is 10.8. The Hall–Kier alpha value is -2.47. The molecule has 2 heterocycles. The number of nitrogens with one attached hydrogen (secondary N) is 1. The van der Waals surface area contributed by atoms with Gasteiger partial charge in [0.2, 0.25) is 0 Å². The third kappa shape index (κ3) is 2.66. The highest BCUT2D eigenvalue weighted by Gasteiger charge is 2.24. The van der Waals surface area contributed by atoms with Crippen LogP contribution in [0.25, 0.3) is 10.8 Å². The number of aromatic nitrogens is 2. The van der Waals surface area contributed by atoms with E-state index in [-0.39, 0.29) is 11.9 Å². The summed E-state index contributed by atoms with van der Waals surface area (Å²) in [7, 11) is 0. The molecule has 1 unspecified atom stereocenters. The Balaban J connectivity index is 1.72. The third-order valence-electron chi connectivity index (χ3n) is 4.07. The van der Waals surface area contributed by atoms with E-state index in [9.17, 15) is 4.79 Å². The minimum Gasteiger partial charge on any atom is -0.493 e. The van der Waals surface area contributed by atoms with Crippen molar-refractivity contribution in [2.75, 3.05) is 6.61 Å². The molecule has 0 fully saturated rings. The lowest BCUT2D eigenvalue weighted by Crippen LogP contribution is -2.28. The van der Waals surface area contributed by atoms with Gasteiger partial charge in [0, 0.05) is 16.3 Å². The van der Waals surface area contributed by atoms with Crippen molar-refractivity contribution in [1.29, 1.82) is 0 Å². The van der Waals surface area contributed by atoms with Gasteiger partial charge in [0.25, 0.3) is 5.91 Å². The van der Waals surface area contributed by atoms with Crippen LogP contribution in [0.4, 0.5) is 0 Å². The van der Waals surface area contributed by atoms with Gasteiger partial charge in [-0.15, -0.1) is 5.10 Å². The first-order chi connectivity index (χ1) is 11.3. The van der Waals surface area contributed by atoms with Crippen molar-refractivity contribution in [1.82, 2.24) is 14.9 Å². The standard InChI is InChI=1S/C17H15N3O2S/c21-17(15-10-23-20-19-15)18-14-6-3-9-22-16-12-5-2-1-4-11(12)7-8-13(14)16/h1-2,4-5,7-8,10,14H,3,6,9H2,(H,18,21). The molecule has 2 aromatic carbocycles. The van der Waals surface area contributed by atoms with Gasteiger partial charge < -0.3 is 10.1 Å². The monoisotopic (exact) mass is 325 g/mol. The fourth-order valence-corrected chi connectivity index (χ4v) is 3.39. The Bertz CT molecular complexity index is 848. The van der Waals surface area contributed by atoms with Gasteiger partial charge in [-0.1, -0.05) is 40.9 Å². The van der Waals surface area contributed by atoms with Crippen LogP contribution in [-0.2, 0) is 0 Å². The summed E-state index contributed by atoms with van der Waals surface area (Å²) in [4.78, 5) is 12.3. The number of amides is 1. The van der Waals surface area contributed by atoms with Gasteiger partial charge in [-0.2, -0.15) is 0 Å².